The van der Waals surface area contributed by atoms with E-state index in [9.17, 15) is 10.1 Å². The summed E-state index contributed by atoms with van der Waals surface area (Å²) >= 11 is 0. The van der Waals surface area contributed by atoms with Crippen molar-refractivity contribution >= 4 is 17.2 Å². The Hall–Kier alpha value is -3.99. The lowest BCUT2D eigenvalue weighted by atomic mass is 10.1. The number of carbonyl (C=O) groups is 1. The monoisotopic (exact) mass is 397 g/mol. The molecule has 0 bridgehead atoms. The van der Waals surface area contributed by atoms with Crippen molar-refractivity contribution in [1.29, 1.82) is 5.26 Å². The van der Waals surface area contributed by atoms with E-state index in [1.807, 2.05) is 51.8 Å². The molecular weight excluding hydrogens is 378 g/mol. The molecule has 0 saturated heterocycles. The molecule has 1 aromatic carbocycles. The van der Waals surface area contributed by atoms with Crippen LogP contribution < -0.4 is 5.32 Å². The average Bonchev–Trinajstić information content (AvgIpc) is 3.29. The zero-order chi connectivity index (χ0) is 20.5. The molecular formula is C22H19N7O. The van der Waals surface area contributed by atoms with E-state index < -0.39 is 0 Å². The highest BCUT2D eigenvalue weighted by Crippen LogP contribution is 2.41. The molecule has 0 radical (unpaired) electrons. The highest BCUT2D eigenvalue weighted by molar-refractivity contribution is 6.03. The Morgan fingerprint density at radius 1 is 1.30 bits per heavy atom. The number of aromatic nitrogens is 5. The summed E-state index contributed by atoms with van der Waals surface area (Å²) in [4.78, 5) is 21.7. The largest absolute Gasteiger partial charge is 0.321 e. The van der Waals surface area contributed by atoms with Crippen LogP contribution in [0.1, 0.15) is 35.8 Å². The van der Waals surface area contributed by atoms with Gasteiger partial charge >= 0.3 is 0 Å². The standard InChI is InChI=1S/C22H19N7O/c23-9-8-19(15-6-7-15)29-14-16(13-25-29)21-27-18(12-20-24-10-11-28(20)21)22(30)26-17-4-2-1-3-5-17/h1-5,10-15,19H,6-8H2,(H,26,30). The summed E-state index contributed by atoms with van der Waals surface area (Å²) < 4.78 is 3.69. The second-order valence-electron chi connectivity index (χ2n) is 7.42. The summed E-state index contributed by atoms with van der Waals surface area (Å²) in [6, 6.07) is 13.3. The SMILES string of the molecule is N#CCC(C1CC1)n1cc(-c2nc(C(=O)Nc3ccccc3)cc3nccn23)cn1. The molecule has 1 fully saturated rings. The fourth-order valence-electron chi connectivity index (χ4n) is 3.65. The normalized spacial score (nSPS) is 14.4. The van der Waals surface area contributed by atoms with Crippen molar-refractivity contribution in [2.75, 3.05) is 5.32 Å². The summed E-state index contributed by atoms with van der Waals surface area (Å²) in [7, 11) is 0. The zero-order valence-corrected chi connectivity index (χ0v) is 16.1. The molecule has 148 valence electrons. The van der Waals surface area contributed by atoms with Gasteiger partial charge in [-0.1, -0.05) is 18.2 Å². The van der Waals surface area contributed by atoms with Crippen LogP contribution in [0.5, 0.6) is 0 Å². The quantitative estimate of drug-likeness (QED) is 0.534. The maximum atomic E-state index is 12.8. The fourth-order valence-corrected chi connectivity index (χ4v) is 3.65. The van der Waals surface area contributed by atoms with E-state index in [2.05, 4.69) is 26.5 Å². The molecule has 1 saturated carbocycles. The molecule has 1 aliphatic rings. The molecule has 5 rings (SSSR count). The van der Waals surface area contributed by atoms with Crippen LogP contribution in [0.25, 0.3) is 17.0 Å². The molecule has 0 aliphatic heterocycles. The van der Waals surface area contributed by atoms with Crippen molar-refractivity contribution < 1.29 is 4.79 Å². The van der Waals surface area contributed by atoms with E-state index in [1.54, 1.807) is 18.5 Å². The molecule has 1 atom stereocenters. The summed E-state index contributed by atoms with van der Waals surface area (Å²) in [6.07, 6.45) is 9.79. The number of imidazole rings is 1. The first-order valence-corrected chi connectivity index (χ1v) is 9.85. The number of rotatable bonds is 6. The van der Waals surface area contributed by atoms with E-state index in [0.717, 1.165) is 18.4 Å². The van der Waals surface area contributed by atoms with Crippen LogP contribution in [0.15, 0.2) is 61.2 Å². The number of nitrogens with one attached hydrogen (secondary N) is 1. The second kappa shape index (κ2) is 7.44. The van der Waals surface area contributed by atoms with Gasteiger partial charge in [-0.15, -0.1) is 0 Å². The number of anilines is 1. The van der Waals surface area contributed by atoms with Crippen LogP contribution in [0.2, 0.25) is 0 Å². The second-order valence-corrected chi connectivity index (χ2v) is 7.42. The first-order chi connectivity index (χ1) is 14.7. The Labute approximate surface area is 172 Å². The Bertz CT molecular complexity index is 1250. The predicted octanol–water partition coefficient (Wildman–Crippen LogP) is 3.71. The highest BCUT2D eigenvalue weighted by atomic mass is 16.1. The van der Waals surface area contributed by atoms with Gasteiger partial charge in [-0.3, -0.25) is 13.9 Å². The van der Waals surface area contributed by atoms with Crippen molar-refractivity contribution in [1.82, 2.24) is 24.1 Å². The van der Waals surface area contributed by atoms with Crippen LogP contribution in [-0.4, -0.2) is 30.1 Å². The molecule has 4 aromatic rings. The molecule has 1 unspecified atom stereocenters. The number of hydrogen-bond donors (Lipinski definition) is 1. The van der Waals surface area contributed by atoms with Crippen molar-refractivity contribution in [3.05, 3.63) is 66.9 Å². The molecule has 8 heteroatoms. The molecule has 1 aliphatic carbocycles. The molecule has 3 aromatic heterocycles. The van der Waals surface area contributed by atoms with Crippen LogP contribution >= 0.6 is 0 Å². The van der Waals surface area contributed by atoms with Gasteiger partial charge in [-0.25, -0.2) is 9.97 Å². The summed E-state index contributed by atoms with van der Waals surface area (Å²) in [5.74, 6) is 0.781. The van der Waals surface area contributed by atoms with Gasteiger partial charge in [-0.2, -0.15) is 10.4 Å². The topological polar surface area (TPSA) is 101 Å². The lowest BCUT2D eigenvalue weighted by Gasteiger charge is -2.12. The van der Waals surface area contributed by atoms with E-state index in [-0.39, 0.29) is 17.6 Å². The Kier molecular flexibility index (Phi) is 4.48. The Balaban J connectivity index is 1.51. The van der Waals surface area contributed by atoms with E-state index in [0.29, 0.717) is 29.5 Å². The minimum absolute atomic E-state index is 0.0755. The van der Waals surface area contributed by atoms with Crippen LogP contribution in [0, 0.1) is 17.2 Å². The third-order valence-electron chi connectivity index (χ3n) is 5.32. The number of nitriles is 1. The van der Waals surface area contributed by atoms with Gasteiger partial charge in [0.1, 0.15) is 17.2 Å². The van der Waals surface area contributed by atoms with Crippen LogP contribution in [0.4, 0.5) is 5.69 Å². The molecule has 0 spiro atoms. The lowest BCUT2D eigenvalue weighted by Crippen LogP contribution is -2.15. The maximum absolute atomic E-state index is 12.8. The van der Waals surface area contributed by atoms with Gasteiger partial charge < -0.3 is 5.32 Å². The summed E-state index contributed by atoms with van der Waals surface area (Å²) in [5.41, 5.74) is 2.37. The van der Waals surface area contributed by atoms with E-state index in [4.69, 9.17) is 0 Å². The number of amides is 1. The lowest BCUT2D eigenvalue weighted by molar-refractivity contribution is 0.102. The van der Waals surface area contributed by atoms with Gasteiger partial charge in [0.05, 0.1) is 30.3 Å². The molecule has 8 nitrogen and oxygen atoms in total. The minimum atomic E-state index is -0.305. The molecule has 3 heterocycles. The number of para-hydroxylation sites is 1. The van der Waals surface area contributed by atoms with Gasteiger partial charge in [0, 0.05) is 30.3 Å². The number of nitrogens with zero attached hydrogens (tertiary/aromatic N) is 6. The van der Waals surface area contributed by atoms with Crippen molar-refractivity contribution in [2.24, 2.45) is 5.92 Å². The summed E-state index contributed by atoms with van der Waals surface area (Å²) in [5, 5.41) is 16.5. The van der Waals surface area contributed by atoms with E-state index >= 15 is 0 Å². The number of benzene rings is 1. The first-order valence-electron chi connectivity index (χ1n) is 9.85. The van der Waals surface area contributed by atoms with Crippen molar-refractivity contribution in [3.63, 3.8) is 0 Å². The zero-order valence-electron chi connectivity index (χ0n) is 16.1. The molecule has 1 amide bonds. The van der Waals surface area contributed by atoms with Crippen LogP contribution in [-0.2, 0) is 0 Å². The van der Waals surface area contributed by atoms with Gasteiger partial charge in [0.15, 0.2) is 0 Å². The fraction of sp³-hybridized carbons (Fsp3) is 0.227. The summed E-state index contributed by atoms with van der Waals surface area (Å²) in [6.45, 7) is 0. The first kappa shape index (κ1) is 18.1. The predicted molar refractivity (Wildman–Crippen MR) is 111 cm³/mol. The van der Waals surface area contributed by atoms with Gasteiger partial charge in [0.25, 0.3) is 5.91 Å². The third kappa shape index (κ3) is 3.42. The third-order valence-corrected chi connectivity index (χ3v) is 5.32. The van der Waals surface area contributed by atoms with E-state index in [1.165, 1.54) is 0 Å². The number of fused-ring (bicyclic) bond motifs is 1. The molecule has 30 heavy (non-hydrogen) atoms. The van der Waals surface area contributed by atoms with Crippen molar-refractivity contribution in [3.8, 4) is 17.5 Å². The minimum Gasteiger partial charge on any atom is -0.321 e. The van der Waals surface area contributed by atoms with Gasteiger partial charge in [-0.05, 0) is 30.9 Å². The smallest absolute Gasteiger partial charge is 0.274 e. The van der Waals surface area contributed by atoms with Crippen molar-refractivity contribution in [2.45, 2.75) is 25.3 Å². The number of hydrogen-bond acceptors (Lipinski definition) is 5. The Morgan fingerprint density at radius 2 is 2.13 bits per heavy atom. The maximum Gasteiger partial charge on any atom is 0.274 e. The highest BCUT2D eigenvalue weighted by Gasteiger charge is 2.33. The average molecular weight is 397 g/mol. The number of carbonyl (C=O) groups excluding carboxylic acids is 1. The Morgan fingerprint density at radius 3 is 2.90 bits per heavy atom. The van der Waals surface area contributed by atoms with Crippen LogP contribution in [0.3, 0.4) is 0 Å². The van der Waals surface area contributed by atoms with Gasteiger partial charge in [0.2, 0.25) is 0 Å². The molecule has 1 N–H and O–H groups in total.